The molecule has 21 heavy (non-hydrogen) atoms. The second-order valence-corrected chi connectivity index (χ2v) is 4.87. The van der Waals surface area contributed by atoms with E-state index in [1.807, 2.05) is 13.8 Å². The van der Waals surface area contributed by atoms with E-state index in [1.165, 1.54) is 19.2 Å². The summed E-state index contributed by atoms with van der Waals surface area (Å²) in [5.41, 5.74) is 0.398. The van der Waals surface area contributed by atoms with E-state index in [9.17, 15) is 9.18 Å². The first-order chi connectivity index (χ1) is 10.0. The van der Waals surface area contributed by atoms with Crippen molar-refractivity contribution in [1.29, 1.82) is 0 Å². The Morgan fingerprint density at radius 3 is 2.48 bits per heavy atom. The van der Waals surface area contributed by atoms with E-state index in [4.69, 9.17) is 9.47 Å². The summed E-state index contributed by atoms with van der Waals surface area (Å²) in [6.45, 7) is 3.80. The number of ether oxygens (including phenoxy) is 2. The van der Waals surface area contributed by atoms with Crippen LogP contribution in [0.25, 0.3) is 0 Å². The van der Waals surface area contributed by atoms with Gasteiger partial charge in [-0.25, -0.2) is 4.39 Å². The number of ketones is 1. The van der Waals surface area contributed by atoms with Crippen molar-refractivity contribution >= 4 is 5.78 Å². The summed E-state index contributed by atoms with van der Waals surface area (Å²) in [5, 5.41) is 0. The van der Waals surface area contributed by atoms with E-state index in [0.717, 1.165) is 0 Å². The fourth-order valence-corrected chi connectivity index (χ4v) is 1.95. The van der Waals surface area contributed by atoms with Crippen LogP contribution in [0.1, 0.15) is 29.8 Å². The summed E-state index contributed by atoms with van der Waals surface area (Å²) in [7, 11) is 1.45. The zero-order valence-electron chi connectivity index (χ0n) is 12.2. The van der Waals surface area contributed by atoms with E-state index >= 15 is 0 Å². The molecule has 0 heterocycles. The third-order valence-corrected chi connectivity index (χ3v) is 2.89. The molecule has 110 valence electrons. The molecule has 0 N–H and O–H groups in total. The molecule has 2 aromatic rings. The number of rotatable bonds is 5. The van der Waals surface area contributed by atoms with Crippen LogP contribution in [0.5, 0.6) is 11.5 Å². The topological polar surface area (TPSA) is 35.5 Å². The number of halogens is 1. The van der Waals surface area contributed by atoms with Crippen LogP contribution >= 0.6 is 0 Å². The number of benzene rings is 2. The van der Waals surface area contributed by atoms with Gasteiger partial charge in [-0.05, 0) is 38.1 Å². The molecule has 0 unspecified atom stereocenters. The SMILES string of the molecule is COc1ccc(C(=O)c2cccc(OC(C)C)c2)c(F)c1. The third kappa shape index (κ3) is 3.60. The van der Waals surface area contributed by atoms with E-state index < -0.39 is 5.82 Å². The van der Waals surface area contributed by atoms with E-state index in [2.05, 4.69) is 0 Å². The van der Waals surface area contributed by atoms with Crippen LogP contribution in [0.2, 0.25) is 0 Å². The van der Waals surface area contributed by atoms with Crippen LogP contribution in [0.4, 0.5) is 4.39 Å². The molecule has 0 amide bonds. The van der Waals surface area contributed by atoms with Crippen LogP contribution in [0.15, 0.2) is 42.5 Å². The predicted molar refractivity (Wildman–Crippen MR) is 78.6 cm³/mol. The van der Waals surface area contributed by atoms with E-state index in [-0.39, 0.29) is 17.5 Å². The largest absolute Gasteiger partial charge is 0.497 e. The van der Waals surface area contributed by atoms with Crippen molar-refractivity contribution in [2.75, 3.05) is 7.11 Å². The Morgan fingerprint density at radius 1 is 1.10 bits per heavy atom. The molecule has 0 saturated carbocycles. The molecule has 0 aliphatic carbocycles. The molecule has 0 radical (unpaired) electrons. The molecule has 0 saturated heterocycles. The second kappa shape index (κ2) is 6.39. The van der Waals surface area contributed by atoms with Crippen molar-refractivity contribution in [1.82, 2.24) is 0 Å². The zero-order valence-corrected chi connectivity index (χ0v) is 12.2. The maximum absolute atomic E-state index is 14.0. The van der Waals surface area contributed by atoms with Crippen molar-refractivity contribution in [2.45, 2.75) is 20.0 Å². The van der Waals surface area contributed by atoms with Crippen molar-refractivity contribution < 1.29 is 18.7 Å². The zero-order chi connectivity index (χ0) is 15.4. The normalized spacial score (nSPS) is 10.5. The van der Waals surface area contributed by atoms with Gasteiger partial charge in [0.15, 0.2) is 5.78 Å². The van der Waals surface area contributed by atoms with Gasteiger partial charge in [-0.1, -0.05) is 12.1 Å². The Hall–Kier alpha value is -2.36. The Bertz CT molecular complexity index is 650. The molecule has 0 bridgehead atoms. The van der Waals surface area contributed by atoms with Gasteiger partial charge in [0.1, 0.15) is 17.3 Å². The first-order valence-corrected chi connectivity index (χ1v) is 6.66. The lowest BCUT2D eigenvalue weighted by Gasteiger charge is -2.11. The first-order valence-electron chi connectivity index (χ1n) is 6.66. The van der Waals surface area contributed by atoms with Crippen LogP contribution < -0.4 is 9.47 Å². The smallest absolute Gasteiger partial charge is 0.196 e. The standard InChI is InChI=1S/C17H17FO3/c1-11(2)21-14-6-4-5-12(9-14)17(19)15-8-7-13(20-3)10-16(15)18/h4-11H,1-3H3. The minimum atomic E-state index is -0.602. The monoisotopic (exact) mass is 288 g/mol. The molecule has 4 heteroatoms. The maximum atomic E-state index is 14.0. The van der Waals surface area contributed by atoms with Crippen LogP contribution in [-0.4, -0.2) is 19.0 Å². The average molecular weight is 288 g/mol. The molecule has 0 fully saturated rings. The highest BCUT2D eigenvalue weighted by atomic mass is 19.1. The Labute approximate surface area is 123 Å². The van der Waals surface area contributed by atoms with Crippen LogP contribution in [0.3, 0.4) is 0 Å². The van der Waals surface area contributed by atoms with Gasteiger partial charge in [0.25, 0.3) is 0 Å². The van der Waals surface area contributed by atoms with Crippen molar-refractivity contribution in [2.24, 2.45) is 0 Å². The van der Waals surface area contributed by atoms with Gasteiger partial charge < -0.3 is 9.47 Å². The Balaban J connectivity index is 2.31. The fourth-order valence-electron chi connectivity index (χ4n) is 1.95. The number of hydrogen-bond acceptors (Lipinski definition) is 3. The summed E-state index contributed by atoms with van der Waals surface area (Å²) in [6.07, 6.45) is 0.00748. The van der Waals surface area contributed by atoms with Crippen LogP contribution in [-0.2, 0) is 0 Å². The summed E-state index contributed by atoms with van der Waals surface area (Å²) in [4.78, 5) is 12.4. The average Bonchev–Trinajstić information content (AvgIpc) is 2.46. The lowest BCUT2D eigenvalue weighted by Crippen LogP contribution is -2.08. The summed E-state index contributed by atoms with van der Waals surface area (Å²) >= 11 is 0. The number of carbonyl (C=O) groups excluding carboxylic acids is 1. The van der Waals surface area contributed by atoms with Gasteiger partial charge in [0.05, 0.1) is 18.8 Å². The Kier molecular flexibility index (Phi) is 4.58. The molecular weight excluding hydrogens is 271 g/mol. The second-order valence-electron chi connectivity index (χ2n) is 4.87. The molecule has 0 spiro atoms. The molecule has 3 nitrogen and oxygen atoms in total. The van der Waals surface area contributed by atoms with E-state index in [1.54, 1.807) is 30.3 Å². The molecule has 0 aliphatic heterocycles. The highest BCUT2D eigenvalue weighted by Crippen LogP contribution is 2.21. The first kappa shape index (κ1) is 15.0. The highest BCUT2D eigenvalue weighted by Gasteiger charge is 2.15. The third-order valence-electron chi connectivity index (χ3n) is 2.89. The molecular formula is C17H17FO3. The minimum absolute atomic E-state index is 0.00748. The van der Waals surface area contributed by atoms with Gasteiger partial charge in [-0.2, -0.15) is 0 Å². The quantitative estimate of drug-likeness (QED) is 0.784. The predicted octanol–water partition coefficient (Wildman–Crippen LogP) is 3.85. The minimum Gasteiger partial charge on any atom is -0.497 e. The number of carbonyl (C=O) groups is 1. The molecule has 2 aromatic carbocycles. The highest BCUT2D eigenvalue weighted by molar-refractivity contribution is 6.09. The van der Waals surface area contributed by atoms with Crippen molar-refractivity contribution in [3.05, 3.63) is 59.4 Å². The summed E-state index contributed by atoms with van der Waals surface area (Å²) in [6, 6.07) is 10.9. The molecule has 0 aliphatic rings. The molecule has 0 aromatic heterocycles. The lowest BCUT2D eigenvalue weighted by molar-refractivity contribution is 0.103. The van der Waals surface area contributed by atoms with Gasteiger partial charge >= 0.3 is 0 Å². The number of methoxy groups -OCH3 is 1. The molecule has 2 rings (SSSR count). The fraction of sp³-hybridized carbons (Fsp3) is 0.235. The van der Waals surface area contributed by atoms with Crippen LogP contribution in [0, 0.1) is 5.82 Å². The number of hydrogen-bond donors (Lipinski definition) is 0. The van der Waals surface area contributed by atoms with Crippen molar-refractivity contribution in [3.8, 4) is 11.5 Å². The Morgan fingerprint density at radius 2 is 1.86 bits per heavy atom. The summed E-state index contributed by atoms with van der Waals surface area (Å²) < 4.78 is 24.4. The summed E-state index contributed by atoms with van der Waals surface area (Å²) in [5.74, 6) is -0.0235. The van der Waals surface area contributed by atoms with Gasteiger partial charge in [-0.3, -0.25) is 4.79 Å². The van der Waals surface area contributed by atoms with Gasteiger partial charge in [0.2, 0.25) is 0 Å². The van der Waals surface area contributed by atoms with Gasteiger partial charge in [-0.15, -0.1) is 0 Å². The maximum Gasteiger partial charge on any atom is 0.196 e. The van der Waals surface area contributed by atoms with E-state index in [0.29, 0.717) is 17.1 Å². The van der Waals surface area contributed by atoms with Crippen molar-refractivity contribution in [3.63, 3.8) is 0 Å². The molecule has 0 atom stereocenters. The van der Waals surface area contributed by atoms with Gasteiger partial charge in [0, 0.05) is 11.6 Å². The lowest BCUT2D eigenvalue weighted by atomic mass is 10.0.